The molecule has 0 aliphatic carbocycles. The highest BCUT2D eigenvalue weighted by Gasteiger charge is 2.16. The average Bonchev–Trinajstić information content (AvgIpc) is 2.33. The van der Waals surface area contributed by atoms with Gasteiger partial charge in [-0.3, -0.25) is 4.79 Å². The first kappa shape index (κ1) is 15.4. The number of anilines is 1. The van der Waals surface area contributed by atoms with Crippen molar-refractivity contribution in [1.82, 2.24) is 15.3 Å². The molecule has 19 heavy (non-hydrogen) atoms. The summed E-state index contributed by atoms with van der Waals surface area (Å²) >= 11 is 0. The highest BCUT2D eigenvalue weighted by atomic mass is 16.5. The Hall–Kier alpha value is -1.69. The zero-order valence-corrected chi connectivity index (χ0v) is 12.0. The summed E-state index contributed by atoms with van der Waals surface area (Å²) < 4.78 is 4.96. The summed E-state index contributed by atoms with van der Waals surface area (Å²) in [6.07, 6.45) is 2.26. The standard InChI is InChI=1S/C13H22N4O2/c1-13(2,3)17-12(18)10-8-11(16-9-15-10)14-6-5-7-19-4/h8-9H,5-7H2,1-4H3,(H,17,18)(H,14,15,16). The maximum Gasteiger partial charge on any atom is 0.270 e. The molecule has 0 fully saturated rings. The predicted molar refractivity (Wildman–Crippen MR) is 74.2 cm³/mol. The number of rotatable bonds is 6. The van der Waals surface area contributed by atoms with Crippen LogP contribution in [0, 0.1) is 0 Å². The van der Waals surface area contributed by atoms with Gasteiger partial charge < -0.3 is 15.4 Å². The van der Waals surface area contributed by atoms with Crippen LogP contribution in [0.15, 0.2) is 12.4 Å². The molecular formula is C13H22N4O2. The normalized spacial score (nSPS) is 11.2. The number of aromatic nitrogens is 2. The summed E-state index contributed by atoms with van der Waals surface area (Å²) in [6, 6.07) is 1.65. The van der Waals surface area contributed by atoms with Crippen molar-refractivity contribution in [2.24, 2.45) is 0 Å². The van der Waals surface area contributed by atoms with Crippen LogP contribution in [-0.2, 0) is 4.74 Å². The molecule has 0 radical (unpaired) electrons. The van der Waals surface area contributed by atoms with Crippen LogP contribution in [0.4, 0.5) is 5.82 Å². The molecule has 6 nitrogen and oxygen atoms in total. The average molecular weight is 266 g/mol. The minimum atomic E-state index is -0.284. The zero-order chi connectivity index (χ0) is 14.3. The number of methoxy groups -OCH3 is 1. The van der Waals surface area contributed by atoms with Crippen molar-refractivity contribution in [3.05, 3.63) is 18.1 Å². The van der Waals surface area contributed by atoms with E-state index in [2.05, 4.69) is 20.6 Å². The Bertz CT molecular complexity index is 415. The molecule has 1 aromatic rings. The predicted octanol–water partition coefficient (Wildman–Crippen LogP) is 1.45. The lowest BCUT2D eigenvalue weighted by Gasteiger charge is -2.20. The smallest absolute Gasteiger partial charge is 0.270 e. The monoisotopic (exact) mass is 266 g/mol. The molecule has 0 saturated heterocycles. The Morgan fingerprint density at radius 2 is 2.11 bits per heavy atom. The molecule has 1 rings (SSSR count). The Kier molecular flexibility index (Phi) is 5.69. The van der Waals surface area contributed by atoms with Crippen LogP contribution in [0.25, 0.3) is 0 Å². The summed E-state index contributed by atoms with van der Waals surface area (Å²) in [6.45, 7) is 7.21. The van der Waals surface area contributed by atoms with Crippen LogP contribution in [0.3, 0.4) is 0 Å². The molecule has 0 unspecified atom stereocenters. The molecule has 0 aliphatic heterocycles. The molecule has 0 atom stereocenters. The van der Waals surface area contributed by atoms with Crippen LogP contribution in [-0.4, -0.2) is 41.7 Å². The SMILES string of the molecule is COCCCNc1cc(C(=O)NC(C)(C)C)ncn1. The Labute approximate surface area is 114 Å². The number of ether oxygens (including phenoxy) is 1. The summed E-state index contributed by atoms with van der Waals surface area (Å²) in [5.74, 6) is 0.444. The number of hydrogen-bond donors (Lipinski definition) is 2. The van der Waals surface area contributed by atoms with Crippen molar-refractivity contribution in [2.75, 3.05) is 25.6 Å². The lowest BCUT2D eigenvalue weighted by Crippen LogP contribution is -2.41. The van der Waals surface area contributed by atoms with Crippen molar-refractivity contribution < 1.29 is 9.53 Å². The van der Waals surface area contributed by atoms with Gasteiger partial charge in [0.25, 0.3) is 5.91 Å². The lowest BCUT2D eigenvalue weighted by molar-refractivity contribution is 0.0914. The maximum atomic E-state index is 11.9. The molecule has 1 aromatic heterocycles. The fraction of sp³-hybridized carbons (Fsp3) is 0.615. The highest BCUT2D eigenvalue weighted by Crippen LogP contribution is 2.06. The third kappa shape index (κ3) is 6.15. The summed E-state index contributed by atoms with van der Waals surface area (Å²) in [5, 5.41) is 5.99. The molecule has 0 aromatic carbocycles. The Morgan fingerprint density at radius 3 is 2.74 bits per heavy atom. The first-order chi connectivity index (χ1) is 8.92. The van der Waals surface area contributed by atoms with Crippen LogP contribution in [0.2, 0.25) is 0 Å². The van der Waals surface area contributed by atoms with Gasteiger partial charge in [0.1, 0.15) is 17.8 Å². The van der Waals surface area contributed by atoms with E-state index in [1.165, 1.54) is 6.33 Å². The van der Waals surface area contributed by atoms with Crippen molar-refractivity contribution >= 4 is 11.7 Å². The van der Waals surface area contributed by atoms with Gasteiger partial charge in [-0.2, -0.15) is 0 Å². The van der Waals surface area contributed by atoms with Gasteiger partial charge in [-0.15, -0.1) is 0 Å². The van der Waals surface area contributed by atoms with Crippen molar-refractivity contribution in [1.29, 1.82) is 0 Å². The van der Waals surface area contributed by atoms with Crippen LogP contribution >= 0.6 is 0 Å². The van der Waals surface area contributed by atoms with Crippen LogP contribution < -0.4 is 10.6 Å². The quantitative estimate of drug-likeness (QED) is 0.762. The Balaban J connectivity index is 2.58. The fourth-order valence-electron chi connectivity index (χ4n) is 1.42. The molecule has 0 saturated carbocycles. The van der Waals surface area contributed by atoms with E-state index in [-0.39, 0.29) is 11.4 Å². The summed E-state index contributed by atoms with van der Waals surface area (Å²) in [4.78, 5) is 20.0. The van der Waals surface area contributed by atoms with Crippen LogP contribution in [0.1, 0.15) is 37.7 Å². The number of hydrogen-bond acceptors (Lipinski definition) is 5. The first-order valence-electron chi connectivity index (χ1n) is 6.30. The summed E-state index contributed by atoms with van der Waals surface area (Å²) in [5.41, 5.74) is 0.0767. The van der Waals surface area contributed by atoms with E-state index in [9.17, 15) is 4.79 Å². The van der Waals surface area contributed by atoms with Gasteiger partial charge >= 0.3 is 0 Å². The summed E-state index contributed by atoms with van der Waals surface area (Å²) in [7, 11) is 1.67. The second kappa shape index (κ2) is 7.04. The van der Waals surface area contributed by atoms with Crippen LogP contribution in [0.5, 0.6) is 0 Å². The molecule has 0 aliphatic rings. The van der Waals surface area contributed by atoms with E-state index in [0.717, 1.165) is 13.0 Å². The Morgan fingerprint density at radius 1 is 1.37 bits per heavy atom. The largest absolute Gasteiger partial charge is 0.385 e. The highest BCUT2D eigenvalue weighted by molar-refractivity contribution is 5.93. The lowest BCUT2D eigenvalue weighted by atomic mass is 10.1. The molecule has 1 amide bonds. The molecule has 106 valence electrons. The third-order valence-electron chi connectivity index (χ3n) is 2.22. The van der Waals surface area contributed by atoms with Gasteiger partial charge in [0.2, 0.25) is 0 Å². The van der Waals surface area contributed by atoms with E-state index < -0.39 is 0 Å². The first-order valence-corrected chi connectivity index (χ1v) is 6.30. The number of carbonyl (C=O) groups is 1. The fourth-order valence-corrected chi connectivity index (χ4v) is 1.42. The maximum absolute atomic E-state index is 11.9. The minimum absolute atomic E-state index is 0.199. The molecule has 1 heterocycles. The van der Waals surface area contributed by atoms with E-state index >= 15 is 0 Å². The second-order valence-corrected chi connectivity index (χ2v) is 5.27. The number of nitrogens with one attached hydrogen (secondary N) is 2. The van der Waals surface area contributed by atoms with Gasteiger partial charge in [0.15, 0.2) is 0 Å². The van der Waals surface area contributed by atoms with Crippen molar-refractivity contribution in [3.63, 3.8) is 0 Å². The zero-order valence-electron chi connectivity index (χ0n) is 12.0. The van der Waals surface area contributed by atoms with E-state index in [0.29, 0.717) is 18.1 Å². The number of carbonyl (C=O) groups excluding carboxylic acids is 1. The molecule has 0 spiro atoms. The van der Waals surface area contributed by atoms with Gasteiger partial charge in [0.05, 0.1) is 0 Å². The molecular weight excluding hydrogens is 244 g/mol. The molecule has 0 bridgehead atoms. The number of nitrogens with zero attached hydrogens (tertiary/aromatic N) is 2. The van der Waals surface area contributed by atoms with Gasteiger partial charge in [-0.05, 0) is 27.2 Å². The molecule has 6 heteroatoms. The van der Waals surface area contributed by atoms with E-state index in [1.54, 1.807) is 13.2 Å². The van der Waals surface area contributed by atoms with Gasteiger partial charge in [0, 0.05) is 31.9 Å². The minimum Gasteiger partial charge on any atom is -0.385 e. The van der Waals surface area contributed by atoms with Crippen molar-refractivity contribution in [2.45, 2.75) is 32.7 Å². The van der Waals surface area contributed by atoms with Crippen molar-refractivity contribution in [3.8, 4) is 0 Å². The topological polar surface area (TPSA) is 76.1 Å². The van der Waals surface area contributed by atoms with Gasteiger partial charge in [-0.1, -0.05) is 0 Å². The third-order valence-corrected chi connectivity index (χ3v) is 2.22. The van der Waals surface area contributed by atoms with E-state index in [1.807, 2.05) is 20.8 Å². The van der Waals surface area contributed by atoms with Gasteiger partial charge in [-0.25, -0.2) is 9.97 Å². The van der Waals surface area contributed by atoms with E-state index in [4.69, 9.17) is 4.74 Å². The number of amides is 1. The second-order valence-electron chi connectivity index (χ2n) is 5.27. The molecule has 2 N–H and O–H groups in total.